The first kappa shape index (κ1) is 13.8. The van der Waals surface area contributed by atoms with Gasteiger partial charge in [0.2, 0.25) is 0 Å². The third-order valence-corrected chi connectivity index (χ3v) is 5.14. The summed E-state index contributed by atoms with van der Waals surface area (Å²) in [5, 5.41) is 12.6. The molecule has 0 aromatic heterocycles. The molecule has 0 amide bonds. The largest absolute Gasteiger partial charge is 0.302 e. The SMILES string of the molecule is CNC1(C#N)CCC(N2CCC(C(C)(C)C)C2)C1. The van der Waals surface area contributed by atoms with E-state index in [4.69, 9.17) is 0 Å². The van der Waals surface area contributed by atoms with Crippen molar-refractivity contribution in [1.29, 1.82) is 5.26 Å². The third kappa shape index (κ3) is 2.55. The average Bonchev–Trinajstić information content (AvgIpc) is 2.95. The molecule has 1 aliphatic carbocycles. The zero-order valence-corrected chi connectivity index (χ0v) is 12.3. The highest BCUT2D eigenvalue weighted by atomic mass is 15.2. The van der Waals surface area contributed by atoms with E-state index in [0.29, 0.717) is 11.5 Å². The summed E-state index contributed by atoms with van der Waals surface area (Å²) in [6.07, 6.45) is 4.49. The van der Waals surface area contributed by atoms with Crippen LogP contribution in [0.3, 0.4) is 0 Å². The smallest absolute Gasteiger partial charge is 0.108 e. The summed E-state index contributed by atoms with van der Waals surface area (Å²) in [6, 6.07) is 3.10. The summed E-state index contributed by atoms with van der Waals surface area (Å²) >= 11 is 0. The fourth-order valence-corrected chi connectivity index (χ4v) is 3.54. The second-order valence-electron chi connectivity index (χ2n) is 7.19. The van der Waals surface area contributed by atoms with Gasteiger partial charge in [0.05, 0.1) is 6.07 Å². The van der Waals surface area contributed by atoms with Crippen molar-refractivity contribution >= 4 is 0 Å². The van der Waals surface area contributed by atoms with Crippen LogP contribution in [0.2, 0.25) is 0 Å². The van der Waals surface area contributed by atoms with Crippen molar-refractivity contribution in [2.45, 2.75) is 58.0 Å². The summed E-state index contributed by atoms with van der Waals surface area (Å²) in [5.74, 6) is 0.809. The number of hydrogen-bond donors (Lipinski definition) is 1. The van der Waals surface area contributed by atoms with Crippen LogP contribution in [0.25, 0.3) is 0 Å². The highest BCUT2D eigenvalue weighted by molar-refractivity contribution is 5.13. The van der Waals surface area contributed by atoms with Crippen molar-refractivity contribution in [2.24, 2.45) is 11.3 Å². The fraction of sp³-hybridized carbons (Fsp3) is 0.933. The molecule has 0 aromatic rings. The maximum Gasteiger partial charge on any atom is 0.108 e. The minimum absolute atomic E-state index is 0.259. The number of nitrogens with zero attached hydrogens (tertiary/aromatic N) is 2. The second-order valence-corrected chi connectivity index (χ2v) is 7.19. The van der Waals surface area contributed by atoms with Gasteiger partial charge in [-0.1, -0.05) is 20.8 Å². The highest BCUT2D eigenvalue weighted by Crippen LogP contribution is 2.39. The first-order valence-corrected chi connectivity index (χ1v) is 7.24. The van der Waals surface area contributed by atoms with Crippen molar-refractivity contribution in [2.75, 3.05) is 20.1 Å². The van der Waals surface area contributed by atoms with Crippen LogP contribution >= 0.6 is 0 Å². The van der Waals surface area contributed by atoms with Crippen LogP contribution in [-0.4, -0.2) is 36.6 Å². The van der Waals surface area contributed by atoms with Crippen LogP contribution in [-0.2, 0) is 0 Å². The Morgan fingerprint density at radius 3 is 2.50 bits per heavy atom. The normalized spacial score (nSPS) is 37.9. The van der Waals surface area contributed by atoms with Gasteiger partial charge < -0.3 is 5.32 Å². The van der Waals surface area contributed by atoms with Crippen LogP contribution in [0.4, 0.5) is 0 Å². The first-order valence-electron chi connectivity index (χ1n) is 7.24. The summed E-state index contributed by atoms with van der Waals surface area (Å²) in [7, 11) is 1.92. The lowest BCUT2D eigenvalue weighted by Gasteiger charge is -2.29. The van der Waals surface area contributed by atoms with Gasteiger partial charge in [-0.3, -0.25) is 4.90 Å². The number of nitriles is 1. The van der Waals surface area contributed by atoms with E-state index in [1.54, 1.807) is 0 Å². The molecule has 3 heteroatoms. The predicted molar refractivity (Wildman–Crippen MR) is 74.2 cm³/mol. The summed E-state index contributed by atoms with van der Waals surface area (Å²) in [5.41, 5.74) is 0.160. The maximum atomic E-state index is 9.33. The topological polar surface area (TPSA) is 39.1 Å². The van der Waals surface area contributed by atoms with E-state index >= 15 is 0 Å². The van der Waals surface area contributed by atoms with Crippen LogP contribution in [0.1, 0.15) is 46.5 Å². The van der Waals surface area contributed by atoms with Crippen molar-refractivity contribution in [3.8, 4) is 6.07 Å². The van der Waals surface area contributed by atoms with Gasteiger partial charge in [-0.05, 0) is 50.6 Å². The molecular formula is C15H27N3. The van der Waals surface area contributed by atoms with E-state index in [9.17, 15) is 5.26 Å². The molecule has 3 nitrogen and oxygen atoms in total. The molecule has 2 rings (SSSR count). The third-order valence-electron chi connectivity index (χ3n) is 5.14. The van der Waals surface area contributed by atoms with E-state index < -0.39 is 0 Å². The Kier molecular flexibility index (Phi) is 3.71. The molecule has 102 valence electrons. The van der Waals surface area contributed by atoms with Gasteiger partial charge in [0.15, 0.2) is 0 Å². The Balaban J connectivity index is 1.95. The summed E-state index contributed by atoms with van der Waals surface area (Å²) in [6.45, 7) is 9.49. The van der Waals surface area contributed by atoms with Gasteiger partial charge in [-0.2, -0.15) is 5.26 Å². The molecule has 2 aliphatic rings. The molecule has 1 N–H and O–H groups in total. The Morgan fingerprint density at radius 1 is 1.33 bits per heavy atom. The Morgan fingerprint density at radius 2 is 2.06 bits per heavy atom. The van der Waals surface area contributed by atoms with Crippen molar-refractivity contribution in [1.82, 2.24) is 10.2 Å². The zero-order valence-electron chi connectivity index (χ0n) is 12.3. The Bertz CT molecular complexity index is 339. The molecule has 2 fully saturated rings. The number of likely N-dealkylation sites (tertiary alicyclic amines) is 1. The lowest BCUT2D eigenvalue weighted by Crippen LogP contribution is -2.41. The summed E-state index contributed by atoms with van der Waals surface area (Å²) in [4.78, 5) is 2.63. The van der Waals surface area contributed by atoms with E-state index in [-0.39, 0.29) is 5.54 Å². The maximum absolute atomic E-state index is 9.33. The van der Waals surface area contributed by atoms with Crippen LogP contribution in [0.15, 0.2) is 0 Å². The van der Waals surface area contributed by atoms with E-state index in [2.05, 4.69) is 37.1 Å². The quantitative estimate of drug-likeness (QED) is 0.816. The van der Waals surface area contributed by atoms with Gasteiger partial charge in [0.25, 0.3) is 0 Å². The monoisotopic (exact) mass is 249 g/mol. The fourth-order valence-electron chi connectivity index (χ4n) is 3.54. The molecule has 1 saturated carbocycles. The number of rotatable bonds is 2. The Labute approximate surface area is 112 Å². The molecule has 1 heterocycles. The van der Waals surface area contributed by atoms with Crippen LogP contribution < -0.4 is 5.32 Å². The minimum atomic E-state index is -0.259. The van der Waals surface area contributed by atoms with Gasteiger partial charge in [-0.15, -0.1) is 0 Å². The van der Waals surface area contributed by atoms with Gasteiger partial charge in [0.1, 0.15) is 5.54 Å². The molecule has 1 saturated heterocycles. The number of nitrogens with one attached hydrogen (secondary N) is 1. The van der Waals surface area contributed by atoms with E-state index in [1.807, 2.05) is 7.05 Å². The molecule has 0 radical (unpaired) electrons. The van der Waals surface area contributed by atoms with Crippen LogP contribution in [0.5, 0.6) is 0 Å². The lowest BCUT2D eigenvalue weighted by molar-refractivity contribution is 0.192. The molecule has 1 aliphatic heterocycles. The van der Waals surface area contributed by atoms with Gasteiger partial charge >= 0.3 is 0 Å². The highest BCUT2D eigenvalue weighted by Gasteiger charge is 2.43. The minimum Gasteiger partial charge on any atom is -0.302 e. The first-order chi connectivity index (χ1) is 8.40. The van der Waals surface area contributed by atoms with Crippen molar-refractivity contribution in [3.05, 3.63) is 0 Å². The molecular weight excluding hydrogens is 222 g/mol. The molecule has 0 bridgehead atoms. The van der Waals surface area contributed by atoms with E-state index in [1.165, 1.54) is 25.9 Å². The molecule has 0 spiro atoms. The average molecular weight is 249 g/mol. The van der Waals surface area contributed by atoms with Crippen molar-refractivity contribution < 1.29 is 0 Å². The van der Waals surface area contributed by atoms with Gasteiger partial charge in [0, 0.05) is 12.6 Å². The Hall–Kier alpha value is -0.590. The standard InChI is InChI=1S/C15H27N3/c1-14(2,3)12-6-8-18(10-12)13-5-7-15(9-13,11-16)17-4/h12-13,17H,5-10H2,1-4H3. The van der Waals surface area contributed by atoms with Crippen molar-refractivity contribution in [3.63, 3.8) is 0 Å². The zero-order chi connectivity index (χ0) is 13.4. The van der Waals surface area contributed by atoms with E-state index in [0.717, 1.165) is 18.8 Å². The molecule has 3 atom stereocenters. The lowest BCUT2D eigenvalue weighted by atomic mass is 9.80. The van der Waals surface area contributed by atoms with Crippen LogP contribution in [0, 0.1) is 22.7 Å². The molecule has 18 heavy (non-hydrogen) atoms. The number of hydrogen-bond acceptors (Lipinski definition) is 3. The van der Waals surface area contributed by atoms with Gasteiger partial charge in [-0.25, -0.2) is 0 Å². The second kappa shape index (κ2) is 4.83. The molecule has 3 unspecified atom stereocenters. The summed E-state index contributed by atoms with van der Waals surface area (Å²) < 4.78 is 0. The molecule has 0 aromatic carbocycles. The predicted octanol–water partition coefficient (Wildman–Crippen LogP) is 2.39.